The zero-order valence-electron chi connectivity index (χ0n) is 22.7. The minimum atomic E-state index is -0.361. The van der Waals surface area contributed by atoms with Crippen molar-refractivity contribution in [3.63, 3.8) is 0 Å². The van der Waals surface area contributed by atoms with Crippen LogP contribution in [0.15, 0.2) is 91.5 Å². The van der Waals surface area contributed by atoms with E-state index in [2.05, 4.69) is 25.2 Å². The summed E-state index contributed by atoms with van der Waals surface area (Å²) in [4.78, 5) is 28.7. The Morgan fingerprint density at radius 2 is 1.63 bits per heavy atom. The normalized spacial score (nSPS) is 13.4. The largest absolute Gasteiger partial charge is 0.378 e. The predicted molar refractivity (Wildman–Crippen MR) is 156 cm³/mol. The number of halogens is 2. The van der Waals surface area contributed by atoms with E-state index in [0.29, 0.717) is 77.5 Å². The number of nitrogens with one attached hydrogen (secondary N) is 1. The van der Waals surface area contributed by atoms with Crippen LogP contribution in [-0.2, 0) is 4.74 Å². The Labute approximate surface area is 244 Å². The number of amides is 1. The molecular weight excluding hydrogens is 554 g/mol. The van der Waals surface area contributed by atoms with Crippen LogP contribution in [0.3, 0.4) is 0 Å². The number of hydrogen-bond donors (Lipinski definition) is 1. The van der Waals surface area contributed by atoms with Crippen molar-refractivity contribution in [2.75, 3.05) is 36.5 Å². The molecule has 0 saturated carbocycles. The number of hydrogen-bond acceptors (Lipinski definition) is 7. The zero-order chi connectivity index (χ0) is 29.3. The molecule has 1 amide bonds. The lowest BCUT2D eigenvalue weighted by Gasteiger charge is -2.27. The highest BCUT2D eigenvalue weighted by Gasteiger charge is 2.20. The molecule has 5 heterocycles. The number of anilines is 2. The third-order valence-corrected chi connectivity index (χ3v) is 7.14. The van der Waals surface area contributed by atoms with Crippen molar-refractivity contribution in [1.82, 2.24) is 29.1 Å². The number of carbonyl (C=O) groups is 1. The number of morpholine rings is 1. The van der Waals surface area contributed by atoms with Gasteiger partial charge in [0.1, 0.15) is 35.2 Å². The van der Waals surface area contributed by atoms with E-state index in [-0.39, 0.29) is 17.5 Å². The van der Waals surface area contributed by atoms with E-state index < -0.39 is 0 Å². The van der Waals surface area contributed by atoms with Crippen LogP contribution in [0.25, 0.3) is 34.0 Å². The molecule has 0 atom stereocenters. The molecule has 1 aliphatic heterocycles. The summed E-state index contributed by atoms with van der Waals surface area (Å²) in [6.45, 7) is 2.65. The maximum absolute atomic E-state index is 13.7. The van der Waals surface area contributed by atoms with E-state index in [9.17, 15) is 13.6 Å². The fourth-order valence-electron chi connectivity index (χ4n) is 4.99. The smallest absolute Gasteiger partial charge is 0.257 e. The highest BCUT2D eigenvalue weighted by Crippen LogP contribution is 2.33. The lowest BCUT2D eigenvalue weighted by Crippen LogP contribution is -2.36. The second-order valence-corrected chi connectivity index (χ2v) is 9.90. The number of carbonyl (C=O) groups excluding carboxylic acids is 1. The van der Waals surface area contributed by atoms with E-state index >= 15 is 0 Å². The molecule has 43 heavy (non-hydrogen) atoms. The first-order valence-electron chi connectivity index (χ1n) is 13.6. The molecule has 12 heteroatoms. The van der Waals surface area contributed by atoms with Gasteiger partial charge in [-0.1, -0.05) is 0 Å². The van der Waals surface area contributed by atoms with Gasteiger partial charge < -0.3 is 15.0 Å². The monoisotopic (exact) mass is 578 g/mol. The van der Waals surface area contributed by atoms with E-state index in [1.807, 2.05) is 0 Å². The van der Waals surface area contributed by atoms with Crippen molar-refractivity contribution in [3.8, 4) is 28.3 Å². The summed E-state index contributed by atoms with van der Waals surface area (Å²) in [5, 5.41) is 7.61. The summed E-state index contributed by atoms with van der Waals surface area (Å²) in [6, 6.07) is 19.0. The summed E-state index contributed by atoms with van der Waals surface area (Å²) < 4.78 is 36.1. The number of aromatic nitrogens is 6. The quantitative estimate of drug-likeness (QED) is 0.296. The summed E-state index contributed by atoms with van der Waals surface area (Å²) in [5.74, 6) is -0.00799. The Morgan fingerprint density at radius 1 is 0.884 bits per heavy atom. The molecule has 0 bridgehead atoms. The molecule has 6 aromatic rings. The predicted octanol–water partition coefficient (Wildman–Crippen LogP) is 5.01. The van der Waals surface area contributed by atoms with Crippen LogP contribution in [0.4, 0.5) is 20.4 Å². The second-order valence-electron chi connectivity index (χ2n) is 9.90. The average molecular weight is 579 g/mol. The highest BCUT2D eigenvalue weighted by molar-refractivity contribution is 6.04. The Hall–Kier alpha value is -5.49. The van der Waals surface area contributed by atoms with Gasteiger partial charge in [0.05, 0.1) is 25.1 Å². The molecule has 1 N–H and O–H groups in total. The molecule has 1 saturated heterocycles. The Balaban J connectivity index is 1.22. The van der Waals surface area contributed by atoms with Crippen LogP contribution in [0.1, 0.15) is 10.4 Å². The van der Waals surface area contributed by atoms with Gasteiger partial charge in [-0.3, -0.25) is 9.36 Å². The van der Waals surface area contributed by atoms with Crippen LogP contribution in [0.5, 0.6) is 0 Å². The number of pyridine rings is 1. The van der Waals surface area contributed by atoms with Crippen LogP contribution in [0.2, 0.25) is 0 Å². The van der Waals surface area contributed by atoms with Crippen molar-refractivity contribution < 1.29 is 18.3 Å². The molecular formula is C31H24F2N8O2. The first-order chi connectivity index (χ1) is 21.0. The second kappa shape index (κ2) is 11.1. The van der Waals surface area contributed by atoms with Crippen LogP contribution < -0.4 is 10.2 Å². The number of imidazole rings is 2. The molecule has 1 fully saturated rings. The Kier molecular flexibility index (Phi) is 6.79. The summed E-state index contributed by atoms with van der Waals surface area (Å²) >= 11 is 0. The fourth-order valence-corrected chi connectivity index (χ4v) is 4.99. The van der Waals surface area contributed by atoms with Crippen molar-refractivity contribution >= 4 is 23.2 Å². The van der Waals surface area contributed by atoms with Gasteiger partial charge in [-0.25, -0.2) is 28.2 Å². The number of nitrogens with zero attached hydrogens (tertiary/aromatic N) is 7. The number of fused-ring (bicyclic) bond motifs is 1. The minimum absolute atomic E-state index is 0.324. The van der Waals surface area contributed by atoms with Gasteiger partial charge in [-0.05, 0) is 72.8 Å². The van der Waals surface area contributed by atoms with Gasteiger partial charge in [0, 0.05) is 36.1 Å². The molecule has 7 rings (SSSR count). The SMILES string of the molecule is O=C(Nc1cn2nc(-c3c(-c4ccc(F)cc4)ncn3-c3ccc(F)cc3)ccc2n1)c1ccnc(N2CCOCC2)c1. The third-order valence-electron chi connectivity index (χ3n) is 7.14. The third kappa shape index (κ3) is 5.31. The van der Waals surface area contributed by atoms with E-state index in [0.717, 1.165) is 0 Å². The van der Waals surface area contributed by atoms with Crippen molar-refractivity contribution in [3.05, 3.63) is 109 Å². The van der Waals surface area contributed by atoms with Crippen LogP contribution in [0, 0.1) is 11.6 Å². The molecule has 1 aliphatic rings. The maximum Gasteiger partial charge on any atom is 0.257 e. The standard InChI is InChI=1S/C31H24F2N8O2/c32-22-3-1-20(2-4-22)29-30(40(19-35-29)24-7-5-23(33)6-8-24)25-9-10-27-36-26(18-41(27)38-25)37-31(42)21-11-12-34-28(17-21)39-13-15-43-16-14-39/h1-12,17-19H,13-16H2,(H,37,42). The van der Waals surface area contributed by atoms with E-state index in [1.165, 1.54) is 24.3 Å². The summed E-state index contributed by atoms with van der Waals surface area (Å²) in [7, 11) is 0. The summed E-state index contributed by atoms with van der Waals surface area (Å²) in [5.41, 5.74) is 4.05. The molecule has 0 aliphatic carbocycles. The molecule has 214 valence electrons. The number of ether oxygens (including phenoxy) is 1. The molecule has 0 spiro atoms. The zero-order valence-corrected chi connectivity index (χ0v) is 22.7. The van der Waals surface area contributed by atoms with Crippen molar-refractivity contribution in [2.45, 2.75) is 0 Å². The lowest BCUT2D eigenvalue weighted by atomic mass is 10.1. The van der Waals surface area contributed by atoms with Crippen LogP contribution in [-0.4, -0.2) is 61.3 Å². The van der Waals surface area contributed by atoms with E-state index in [4.69, 9.17) is 9.84 Å². The maximum atomic E-state index is 13.7. The first-order valence-corrected chi connectivity index (χ1v) is 13.6. The number of benzene rings is 2. The average Bonchev–Trinajstić information content (AvgIpc) is 3.66. The fraction of sp³-hybridized carbons (Fsp3) is 0.129. The van der Waals surface area contributed by atoms with Gasteiger partial charge in [-0.15, -0.1) is 0 Å². The molecule has 0 radical (unpaired) electrons. The molecule has 2 aromatic carbocycles. The summed E-state index contributed by atoms with van der Waals surface area (Å²) in [6.07, 6.45) is 4.85. The number of rotatable bonds is 6. The van der Waals surface area contributed by atoms with E-state index in [1.54, 1.807) is 76.3 Å². The molecule has 0 unspecified atom stereocenters. The first kappa shape index (κ1) is 26.4. The van der Waals surface area contributed by atoms with Gasteiger partial charge in [-0.2, -0.15) is 5.10 Å². The van der Waals surface area contributed by atoms with Gasteiger partial charge >= 0.3 is 0 Å². The van der Waals surface area contributed by atoms with Gasteiger partial charge in [0.15, 0.2) is 11.5 Å². The van der Waals surface area contributed by atoms with Gasteiger partial charge in [0.2, 0.25) is 0 Å². The van der Waals surface area contributed by atoms with Crippen LogP contribution >= 0.6 is 0 Å². The van der Waals surface area contributed by atoms with Gasteiger partial charge in [0.25, 0.3) is 5.91 Å². The topological polar surface area (TPSA) is 102 Å². The highest BCUT2D eigenvalue weighted by atomic mass is 19.1. The molecule has 4 aromatic heterocycles. The lowest BCUT2D eigenvalue weighted by molar-refractivity contribution is 0.102. The Morgan fingerprint density at radius 3 is 2.40 bits per heavy atom. The van der Waals surface area contributed by atoms with Crippen molar-refractivity contribution in [2.24, 2.45) is 0 Å². The minimum Gasteiger partial charge on any atom is -0.378 e. The Bertz CT molecular complexity index is 1870. The molecule has 10 nitrogen and oxygen atoms in total. The van der Waals surface area contributed by atoms with Crippen molar-refractivity contribution in [1.29, 1.82) is 0 Å².